The van der Waals surface area contributed by atoms with Crippen molar-refractivity contribution in [3.8, 4) is 0 Å². The number of benzene rings is 2. The number of nitro benzene ring substituents is 1. The highest BCUT2D eigenvalue weighted by molar-refractivity contribution is 6.36. The fourth-order valence-electron chi connectivity index (χ4n) is 3.78. The highest BCUT2D eigenvalue weighted by atomic mass is 35.5. The van der Waals surface area contributed by atoms with Crippen LogP contribution < -0.4 is 5.32 Å². The Kier molecular flexibility index (Phi) is 3.74. The van der Waals surface area contributed by atoms with Gasteiger partial charge in [-0.05, 0) is 35.6 Å². The Bertz CT molecular complexity index is 866. The van der Waals surface area contributed by atoms with E-state index in [4.69, 9.17) is 23.2 Å². The molecule has 0 spiro atoms. The smallest absolute Gasteiger partial charge is 0.269 e. The number of anilines is 1. The number of nitro groups is 1. The second-order valence-electron chi connectivity index (χ2n) is 6.18. The summed E-state index contributed by atoms with van der Waals surface area (Å²) in [5.74, 6) is 0.496. The molecule has 1 N–H and O–H groups in total. The van der Waals surface area contributed by atoms with Gasteiger partial charge in [-0.3, -0.25) is 10.1 Å². The van der Waals surface area contributed by atoms with E-state index in [2.05, 4.69) is 17.5 Å². The molecule has 0 saturated carbocycles. The van der Waals surface area contributed by atoms with E-state index in [1.807, 2.05) is 12.1 Å². The van der Waals surface area contributed by atoms with E-state index in [0.29, 0.717) is 10.0 Å². The summed E-state index contributed by atoms with van der Waals surface area (Å²) in [6, 6.07) is 10.4. The maximum atomic E-state index is 11.1. The number of rotatable bonds is 2. The van der Waals surface area contributed by atoms with Gasteiger partial charge in [0, 0.05) is 23.1 Å². The standard InChI is InChI=1S/C18H14Cl2N2O2/c19-11-8-15-13-5-2-6-14(13)17(21-18(15)16(20)9-11)10-3-1-4-12(7-10)22(23)24/h1-5,7-9,13-14,17,21H,6H2/t13-,14-,17+/m0/s1. The average Bonchev–Trinajstić information content (AvgIpc) is 3.04. The zero-order valence-electron chi connectivity index (χ0n) is 12.6. The lowest BCUT2D eigenvalue weighted by Gasteiger charge is -2.38. The second kappa shape index (κ2) is 5.80. The van der Waals surface area contributed by atoms with Gasteiger partial charge in [0.25, 0.3) is 5.69 Å². The van der Waals surface area contributed by atoms with Crippen molar-refractivity contribution in [2.75, 3.05) is 5.32 Å². The summed E-state index contributed by atoms with van der Waals surface area (Å²) < 4.78 is 0. The Labute approximate surface area is 149 Å². The minimum Gasteiger partial charge on any atom is -0.376 e. The molecule has 0 radical (unpaired) electrons. The van der Waals surface area contributed by atoms with Crippen LogP contribution in [0, 0.1) is 16.0 Å². The Morgan fingerprint density at radius 3 is 2.83 bits per heavy atom. The van der Waals surface area contributed by atoms with E-state index in [9.17, 15) is 10.1 Å². The molecule has 0 unspecified atom stereocenters. The van der Waals surface area contributed by atoms with Crippen molar-refractivity contribution in [3.63, 3.8) is 0 Å². The predicted molar refractivity (Wildman–Crippen MR) is 95.9 cm³/mol. The number of nitrogens with one attached hydrogen (secondary N) is 1. The number of allylic oxidation sites excluding steroid dienone is 2. The van der Waals surface area contributed by atoms with Gasteiger partial charge < -0.3 is 5.32 Å². The molecule has 2 aromatic carbocycles. The minimum atomic E-state index is -0.364. The van der Waals surface area contributed by atoms with Crippen LogP contribution in [-0.4, -0.2) is 4.92 Å². The van der Waals surface area contributed by atoms with Gasteiger partial charge in [-0.1, -0.05) is 47.5 Å². The molecule has 3 atom stereocenters. The summed E-state index contributed by atoms with van der Waals surface area (Å²) in [6.07, 6.45) is 5.25. The average molecular weight is 361 g/mol. The van der Waals surface area contributed by atoms with E-state index >= 15 is 0 Å². The summed E-state index contributed by atoms with van der Waals surface area (Å²) in [4.78, 5) is 10.7. The third-order valence-electron chi connectivity index (χ3n) is 4.83. The number of non-ortho nitro benzene ring substituents is 1. The van der Waals surface area contributed by atoms with Gasteiger partial charge in [0.1, 0.15) is 0 Å². The molecular weight excluding hydrogens is 347 g/mol. The van der Waals surface area contributed by atoms with Crippen LogP contribution in [0.15, 0.2) is 48.6 Å². The lowest BCUT2D eigenvalue weighted by molar-refractivity contribution is -0.384. The first-order valence-electron chi connectivity index (χ1n) is 7.71. The Morgan fingerprint density at radius 2 is 2.04 bits per heavy atom. The topological polar surface area (TPSA) is 55.2 Å². The fraction of sp³-hybridized carbons (Fsp3) is 0.222. The van der Waals surface area contributed by atoms with Gasteiger partial charge in [0.05, 0.1) is 21.7 Å². The molecule has 4 rings (SSSR count). The van der Waals surface area contributed by atoms with Crippen molar-refractivity contribution in [1.82, 2.24) is 0 Å². The molecule has 1 aliphatic heterocycles. The van der Waals surface area contributed by atoms with Gasteiger partial charge in [0.2, 0.25) is 0 Å². The molecule has 1 aliphatic carbocycles. The van der Waals surface area contributed by atoms with E-state index in [1.54, 1.807) is 18.2 Å². The van der Waals surface area contributed by atoms with E-state index in [1.165, 1.54) is 6.07 Å². The lowest BCUT2D eigenvalue weighted by atomic mass is 9.77. The molecule has 0 aromatic heterocycles. The normalized spacial score (nSPS) is 24.2. The molecule has 0 saturated heterocycles. The SMILES string of the molecule is O=[N+]([O-])c1cccc([C@H]2Nc3c(Cl)cc(Cl)cc3[C@H]3C=CC[C@@H]32)c1. The number of hydrogen-bond donors (Lipinski definition) is 1. The first-order chi connectivity index (χ1) is 11.5. The zero-order valence-corrected chi connectivity index (χ0v) is 14.1. The van der Waals surface area contributed by atoms with E-state index in [-0.39, 0.29) is 28.5 Å². The van der Waals surface area contributed by atoms with Gasteiger partial charge >= 0.3 is 0 Å². The van der Waals surface area contributed by atoms with E-state index < -0.39 is 0 Å². The van der Waals surface area contributed by atoms with Crippen LogP contribution in [0.4, 0.5) is 11.4 Å². The molecule has 2 aliphatic rings. The Morgan fingerprint density at radius 1 is 1.21 bits per heavy atom. The Balaban J connectivity index is 1.81. The van der Waals surface area contributed by atoms with Crippen LogP contribution in [0.3, 0.4) is 0 Å². The summed E-state index contributed by atoms with van der Waals surface area (Å²) in [5.41, 5.74) is 2.96. The maximum absolute atomic E-state index is 11.1. The fourth-order valence-corrected chi connectivity index (χ4v) is 4.35. The number of nitrogens with zero attached hydrogens (tertiary/aromatic N) is 1. The first-order valence-corrected chi connectivity index (χ1v) is 8.46. The molecule has 2 aromatic rings. The summed E-state index contributed by atoms with van der Waals surface area (Å²) in [5, 5.41) is 15.8. The number of fused-ring (bicyclic) bond motifs is 3. The van der Waals surface area contributed by atoms with Crippen molar-refractivity contribution >= 4 is 34.6 Å². The molecule has 4 nitrogen and oxygen atoms in total. The monoisotopic (exact) mass is 360 g/mol. The maximum Gasteiger partial charge on any atom is 0.269 e. The van der Waals surface area contributed by atoms with Crippen LogP contribution in [0.2, 0.25) is 10.0 Å². The van der Waals surface area contributed by atoms with Crippen molar-refractivity contribution in [2.45, 2.75) is 18.4 Å². The predicted octanol–water partition coefficient (Wildman–Crippen LogP) is 5.73. The van der Waals surface area contributed by atoms with Gasteiger partial charge in [-0.25, -0.2) is 0 Å². The molecule has 1 heterocycles. The van der Waals surface area contributed by atoms with Crippen LogP contribution in [-0.2, 0) is 0 Å². The van der Waals surface area contributed by atoms with Gasteiger partial charge in [-0.15, -0.1) is 0 Å². The molecule has 0 amide bonds. The molecule has 0 bridgehead atoms. The molecule has 122 valence electrons. The van der Waals surface area contributed by atoms with Crippen molar-refractivity contribution in [2.24, 2.45) is 5.92 Å². The van der Waals surface area contributed by atoms with Gasteiger partial charge in [-0.2, -0.15) is 0 Å². The molecule has 24 heavy (non-hydrogen) atoms. The minimum absolute atomic E-state index is 0.0314. The van der Waals surface area contributed by atoms with Gasteiger partial charge in [0.15, 0.2) is 0 Å². The number of hydrogen-bond acceptors (Lipinski definition) is 3. The lowest BCUT2D eigenvalue weighted by Crippen LogP contribution is -2.29. The first kappa shape index (κ1) is 15.5. The van der Waals surface area contributed by atoms with Crippen molar-refractivity contribution in [3.05, 3.63) is 79.8 Å². The third-order valence-corrected chi connectivity index (χ3v) is 5.34. The highest BCUT2D eigenvalue weighted by Crippen LogP contribution is 2.52. The second-order valence-corrected chi connectivity index (χ2v) is 7.02. The zero-order chi connectivity index (χ0) is 16.8. The molecular formula is C18H14Cl2N2O2. The number of halogens is 2. The van der Waals surface area contributed by atoms with Crippen molar-refractivity contribution in [1.29, 1.82) is 0 Å². The molecule has 6 heteroatoms. The summed E-state index contributed by atoms with van der Waals surface area (Å²) in [6.45, 7) is 0. The largest absolute Gasteiger partial charge is 0.376 e. The van der Waals surface area contributed by atoms with Crippen LogP contribution >= 0.6 is 23.2 Å². The Hall–Kier alpha value is -2.04. The van der Waals surface area contributed by atoms with E-state index in [0.717, 1.165) is 23.2 Å². The quantitative estimate of drug-likeness (QED) is 0.422. The van der Waals surface area contributed by atoms with Crippen LogP contribution in [0.1, 0.15) is 29.5 Å². The molecule has 0 fully saturated rings. The summed E-state index contributed by atoms with van der Waals surface area (Å²) in [7, 11) is 0. The summed E-state index contributed by atoms with van der Waals surface area (Å²) >= 11 is 12.6. The van der Waals surface area contributed by atoms with Crippen LogP contribution in [0.5, 0.6) is 0 Å². The van der Waals surface area contributed by atoms with Crippen LogP contribution in [0.25, 0.3) is 0 Å². The van der Waals surface area contributed by atoms with Crippen molar-refractivity contribution < 1.29 is 4.92 Å². The highest BCUT2D eigenvalue weighted by Gasteiger charge is 2.39. The third kappa shape index (κ3) is 2.46.